The molecule has 106 valence electrons. The fourth-order valence-electron chi connectivity index (χ4n) is 1.82. The molecule has 0 bridgehead atoms. The van der Waals surface area contributed by atoms with Crippen molar-refractivity contribution in [1.29, 1.82) is 0 Å². The number of rotatable bonds is 4. The molecular formula is C13H15ClN4O2. The number of anilines is 2. The normalized spacial score (nSPS) is 10.3. The number of aromatic nitrogens is 2. The van der Waals surface area contributed by atoms with E-state index < -0.39 is 0 Å². The van der Waals surface area contributed by atoms with Gasteiger partial charge >= 0.3 is 0 Å². The van der Waals surface area contributed by atoms with Crippen molar-refractivity contribution in [2.45, 2.75) is 13.5 Å². The highest BCUT2D eigenvalue weighted by molar-refractivity contribution is 6.32. The molecule has 0 fully saturated rings. The Kier molecular flexibility index (Phi) is 4.14. The summed E-state index contributed by atoms with van der Waals surface area (Å²) in [5.41, 5.74) is 6.99. The van der Waals surface area contributed by atoms with Gasteiger partial charge < -0.3 is 15.8 Å². The number of benzene rings is 1. The first-order valence-electron chi connectivity index (χ1n) is 6.03. The summed E-state index contributed by atoms with van der Waals surface area (Å²) < 4.78 is 6.59. The molecule has 0 aliphatic carbocycles. The van der Waals surface area contributed by atoms with Gasteiger partial charge in [-0.15, -0.1) is 0 Å². The van der Waals surface area contributed by atoms with E-state index in [1.807, 2.05) is 6.92 Å². The third kappa shape index (κ3) is 2.70. The lowest BCUT2D eigenvalue weighted by molar-refractivity contribution is 0.101. The predicted octanol–water partition coefficient (Wildman–Crippen LogP) is 2.40. The quantitative estimate of drug-likeness (QED) is 0.907. The lowest BCUT2D eigenvalue weighted by Gasteiger charge is -2.09. The van der Waals surface area contributed by atoms with Gasteiger partial charge in [0.1, 0.15) is 11.4 Å². The Bertz CT molecular complexity index is 639. The monoisotopic (exact) mass is 294 g/mol. The summed E-state index contributed by atoms with van der Waals surface area (Å²) in [4.78, 5) is 12.2. The standard InChI is InChI=1S/C13H15ClN4O2/c1-3-18-12(10(15)7-16-18)13(19)17-8-4-5-11(20-2)9(14)6-8/h4-7H,3,15H2,1-2H3,(H,17,19). The molecule has 1 amide bonds. The number of carbonyl (C=O) groups excluding carboxylic acids is 1. The number of carbonyl (C=O) groups is 1. The number of nitrogen functional groups attached to an aromatic ring is 1. The van der Waals surface area contributed by atoms with Gasteiger partial charge in [-0.2, -0.15) is 5.10 Å². The van der Waals surface area contributed by atoms with E-state index >= 15 is 0 Å². The number of ether oxygens (including phenoxy) is 1. The first-order valence-corrected chi connectivity index (χ1v) is 6.40. The van der Waals surface area contributed by atoms with Gasteiger partial charge in [0.05, 0.1) is 24.0 Å². The minimum Gasteiger partial charge on any atom is -0.495 e. The van der Waals surface area contributed by atoms with Crippen LogP contribution < -0.4 is 15.8 Å². The number of nitrogens with one attached hydrogen (secondary N) is 1. The molecule has 0 radical (unpaired) electrons. The summed E-state index contributed by atoms with van der Waals surface area (Å²) in [6.45, 7) is 2.44. The van der Waals surface area contributed by atoms with Gasteiger partial charge in [0.15, 0.2) is 0 Å². The molecule has 2 rings (SSSR count). The maximum absolute atomic E-state index is 12.2. The minimum atomic E-state index is -0.330. The largest absolute Gasteiger partial charge is 0.495 e. The molecule has 3 N–H and O–H groups in total. The number of halogens is 1. The maximum Gasteiger partial charge on any atom is 0.276 e. The Balaban J connectivity index is 2.23. The van der Waals surface area contributed by atoms with Gasteiger partial charge in [0, 0.05) is 12.2 Å². The number of hydrogen-bond donors (Lipinski definition) is 2. The Morgan fingerprint density at radius 1 is 1.55 bits per heavy atom. The molecule has 0 saturated carbocycles. The highest BCUT2D eigenvalue weighted by atomic mass is 35.5. The zero-order valence-corrected chi connectivity index (χ0v) is 11.9. The molecule has 0 unspecified atom stereocenters. The van der Waals surface area contributed by atoms with Crippen molar-refractivity contribution in [2.24, 2.45) is 0 Å². The smallest absolute Gasteiger partial charge is 0.276 e. The molecule has 0 aliphatic rings. The van der Waals surface area contributed by atoms with Gasteiger partial charge in [-0.05, 0) is 25.1 Å². The first-order chi connectivity index (χ1) is 9.56. The van der Waals surface area contributed by atoms with Crippen LogP contribution in [-0.2, 0) is 6.54 Å². The summed E-state index contributed by atoms with van der Waals surface area (Å²) in [5.74, 6) is 0.214. The summed E-state index contributed by atoms with van der Waals surface area (Å²) in [6, 6.07) is 4.99. The van der Waals surface area contributed by atoms with E-state index in [1.165, 1.54) is 18.0 Å². The second-order valence-corrected chi connectivity index (χ2v) is 4.47. The molecule has 0 aliphatic heterocycles. The van der Waals surface area contributed by atoms with Crippen LogP contribution >= 0.6 is 11.6 Å². The number of aryl methyl sites for hydroxylation is 1. The Labute approximate surface area is 121 Å². The zero-order valence-electron chi connectivity index (χ0n) is 11.2. The van der Waals surface area contributed by atoms with E-state index in [0.29, 0.717) is 34.4 Å². The molecule has 1 aromatic carbocycles. The van der Waals surface area contributed by atoms with Crippen molar-refractivity contribution < 1.29 is 9.53 Å². The van der Waals surface area contributed by atoms with E-state index in [2.05, 4.69) is 10.4 Å². The van der Waals surface area contributed by atoms with Crippen molar-refractivity contribution in [3.8, 4) is 5.75 Å². The Morgan fingerprint density at radius 2 is 2.30 bits per heavy atom. The second-order valence-electron chi connectivity index (χ2n) is 4.07. The zero-order chi connectivity index (χ0) is 14.7. The van der Waals surface area contributed by atoms with Gasteiger partial charge in [-0.3, -0.25) is 9.48 Å². The molecule has 7 heteroatoms. The SMILES string of the molecule is CCn1ncc(N)c1C(=O)Nc1ccc(OC)c(Cl)c1. The van der Waals surface area contributed by atoms with Crippen LogP contribution in [0.15, 0.2) is 24.4 Å². The van der Waals surface area contributed by atoms with Gasteiger partial charge in [-0.1, -0.05) is 11.6 Å². The average Bonchev–Trinajstić information content (AvgIpc) is 2.80. The van der Waals surface area contributed by atoms with Crippen molar-refractivity contribution in [3.63, 3.8) is 0 Å². The van der Waals surface area contributed by atoms with Crippen LogP contribution in [0.2, 0.25) is 5.02 Å². The van der Waals surface area contributed by atoms with Crippen LogP contribution in [0.4, 0.5) is 11.4 Å². The lowest BCUT2D eigenvalue weighted by atomic mass is 10.2. The highest BCUT2D eigenvalue weighted by Crippen LogP contribution is 2.27. The van der Waals surface area contributed by atoms with E-state index in [0.717, 1.165) is 0 Å². The summed E-state index contributed by atoms with van der Waals surface area (Å²) >= 11 is 6.01. The van der Waals surface area contributed by atoms with Crippen LogP contribution in [0.3, 0.4) is 0 Å². The highest BCUT2D eigenvalue weighted by Gasteiger charge is 2.16. The van der Waals surface area contributed by atoms with E-state index in [9.17, 15) is 4.79 Å². The van der Waals surface area contributed by atoms with Crippen molar-refractivity contribution in [1.82, 2.24) is 9.78 Å². The molecule has 6 nitrogen and oxygen atoms in total. The van der Waals surface area contributed by atoms with Crippen LogP contribution in [0.25, 0.3) is 0 Å². The number of nitrogens with two attached hydrogens (primary N) is 1. The topological polar surface area (TPSA) is 82.2 Å². The third-order valence-electron chi connectivity index (χ3n) is 2.79. The van der Waals surface area contributed by atoms with Crippen LogP contribution in [0.5, 0.6) is 5.75 Å². The molecule has 1 heterocycles. The van der Waals surface area contributed by atoms with Gasteiger partial charge in [-0.25, -0.2) is 0 Å². The average molecular weight is 295 g/mol. The van der Waals surface area contributed by atoms with Crippen molar-refractivity contribution >= 4 is 28.9 Å². The molecule has 1 aromatic heterocycles. The predicted molar refractivity (Wildman–Crippen MR) is 78.3 cm³/mol. The molecule has 0 saturated heterocycles. The lowest BCUT2D eigenvalue weighted by Crippen LogP contribution is -2.18. The van der Waals surface area contributed by atoms with Crippen molar-refractivity contribution in [3.05, 3.63) is 35.1 Å². The minimum absolute atomic E-state index is 0.330. The van der Waals surface area contributed by atoms with Crippen LogP contribution in [-0.4, -0.2) is 22.8 Å². The molecular weight excluding hydrogens is 280 g/mol. The number of methoxy groups -OCH3 is 1. The van der Waals surface area contributed by atoms with Gasteiger partial charge in [0.2, 0.25) is 0 Å². The summed E-state index contributed by atoms with van der Waals surface area (Å²) in [5, 5.41) is 7.18. The van der Waals surface area contributed by atoms with E-state index in [4.69, 9.17) is 22.1 Å². The summed E-state index contributed by atoms with van der Waals surface area (Å²) in [6.07, 6.45) is 1.46. The molecule has 2 aromatic rings. The number of nitrogens with zero attached hydrogens (tertiary/aromatic N) is 2. The van der Waals surface area contributed by atoms with E-state index in [-0.39, 0.29) is 5.91 Å². The molecule has 0 spiro atoms. The number of amides is 1. The second kappa shape index (κ2) is 5.83. The van der Waals surface area contributed by atoms with Crippen molar-refractivity contribution in [2.75, 3.05) is 18.2 Å². The molecule has 20 heavy (non-hydrogen) atoms. The molecule has 0 atom stereocenters. The van der Waals surface area contributed by atoms with Crippen LogP contribution in [0.1, 0.15) is 17.4 Å². The van der Waals surface area contributed by atoms with Crippen LogP contribution in [0, 0.1) is 0 Å². The number of hydrogen-bond acceptors (Lipinski definition) is 4. The fourth-order valence-corrected chi connectivity index (χ4v) is 2.08. The van der Waals surface area contributed by atoms with Gasteiger partial charge in [0.25, 0.3) is 5.91 Å². The maximum atomic E-state index is 12.2. The Hall–Kier alpha value is -2.21. The fraction of sp³-hybridized carbons (Fsp3) is 0.231. The third-order valence-corrected chi connectivity index (χ3v) is 3.09. The summed E-state index contributed by atoms with van der Waals surface area (Å²) in [7, 11) is 1.53. The Morgan fingerprint density at radius 3 is 2.90 bits per heavy atom. The first kappa shape index (κ1) is 14.2. The van der Waals surface area contributed by atoms with E-state index in [1.54, 1.807) is 18.2 Å².